The lowest BCUT2D eigenvalue weighted by molar-refractivity contribution is -0.120. The largest absolute Gasteiger partial charge is 0.332 e. The summed E-state index contributed by atoms with van der Waals surface area (Å²) in [7, 11) is 0. The molecule has 1 amide bonds. The molecular formula is C25H26N2OS. The van der Waals surface area contributed by atoms with E-state index in [9.17, 15) is 4.79 Å². The number of nitrogens with one attached hydrogen (secondary N) is 2. The highest BCUT2D eigenvalue weighted by Crippen LogP contribution is 2.27. The fourth-order valence-electron chi connectivity index (χ4n) is 3.38. The molecule has 0 heterocycles. The summed E-state index contributed by atoms with van der Waals surface area (Å²) in [5, 5.41) is 6.41. The normalized spacial score (nSPS) is 11.7. The molecule has 0 aliphatic rings. The van der Waals surface area contributed by atoms with Gasteiger partial charge in [-0.15, -0.1) is 0 Å². The molecule has 0 bridgehead atoms. The third kappa shape index (κ3) is 5.30. The molecule has 0 aliphatic carbocycles. The van der Waals surface area contributed by atoms with E-state index in [1.54, 1.807) is 0 Å². The summed E-state index contributed by atoms with van der Waals surface area (Å²) < 4.78 is 0. The molecule has 3 aromatic rings. The van der Waals surface area contributed by atoms with E-state index in [-0.39, 0.29) is 5.91 Å². The molecule has 0 fully saturated rings. The zero-order valence-electron chi connectivity index (χ0n) is 16.8. The topological polar surface area (TPSA) is 41.1 Å². The Balaban J connectivity index is 1.79. The molecular weight excluding hydrogens is 376 g/mol. The standard InChI is InChI=1S/C25H26N2OS/c1-3-18(2)21-16-10-11-17-22(21)26-25(29)27-24(28)23(19-12-6-4-7-13-19)20-14-8-5-9-15-20/h4-18,23H,3H2,1-2H3,(H2,26,27,28,29)/t18-/m1/s1. The van der Waals surface area contributed by atoms with E-state index in [0.717, 1.165) is 23.2 Å². The molecule has 0 spiro atoms. The van der Waals surface area contributed by atoms with Gasteiger partial charge in [0.2, 0.25) is 5.91 Å². The second kappa shape index (κ2) is 9.99. The molecule has 0 radical (unpaired) electrons. The average Bonchev–Trinajstić information content (AvgIpc) is 2.75. The van der Waals surface area contributed by atoms with Gasteiger partial charge in [0, 0.05) is 5.69 Å². The Morgan fingerprint density at radius 1 is 0.862 bits per heavy atom. The van der Waals surface area contributed by atoms with Crippen molar-refractivity contribution in [2.75, 3.05) is 5.32 Å². The van der Waals surface area contributed by atoms with E-state index < -0.39 is 5.92 Å². The van der Waals surface area contributed by atoms with E-state index in [4.69, 9.17) is 12.2 Å². The number of carbonyl (C=O) groups is 1. The molecule has 148 valence electrons. The van der Waals surface area contributed by atoms with Crippen LogP contribution in [-0.4, -0.2) is 11.0 Å². The van der Waals surface area contributed by atoms with Gasteiger partial charge in [-0.25, -0.2) is 0 Å². The Hall–Kier alpha value is -2.98. The highest BCUT2D eigenvalue weighted by molar-refractivity contribution is 7.80. The monoisotopic (exact) mass is 402 g/mol. The van der Waals surface area contributed by atoms with E-state index in [1.165, 1.54) is 5.56 Å². The van der Waals surface area contributed by atoms with Crippen LogP contribution in [-0.2, 0) is 4.79 Å². The van der Waals surface area contributed by atoms with Crippen LogP contribution in [0.15, 0.2) is 84.9 Å². The lowest BCUT2D eigenvalue weighted by Crippen LogP contribution is -2.38. The SMILES string of the molecule is CC[C@@H](C)c1ccccc1NC(=S)NC(=O)C(c1ccccc1)c1ccccc1. The van der Waals surface area contributed by atoms with Gasteiger partial charge in [-0.1, -0.05) is 92.7 Å². The van der Waals surface area contributed by atoms with Gasteiger partial charge in [-0.05, 0) is 47.3 Å². The van der Waals surface area contributed by atoms with Gasteiger partial charge in [-0.3, -0.25) is 4.79 Å². The first-order valence-corrected chi connectivity index (χ1v) is 10.3. The molecule has 29 heavy (non-hydrogen) atoms. The second-order valence-electron chi connectivity index (χ2n) is 7.09. The number of anilines is 1. The minimum atomic E-state index is -0.429. The van der Waals surface area contributed by atoms with Crippen molar-refractivity contribution in [3.63, 3.8) is 0 Å². The summed E-state index contributed by atoms with van der Waals surface area (Å²) in [6.07, 6.45) is 1.03. The van der Waals surface area contributed by atoms with Crippen LogP contribution in [0.4, 0.5) is 5.69 Å². The van der Waals surface area contributed by atoms with Crippen LogP contribution in [0.3, 0.4) is 0 Å². The van der Waals surface area contributed by atoms with Crippen LogP contribution < -0.4 is 10.6 Å². The highest BCUT2D eigenvalue weighted by Gasteiger charge is 2.23. The van der Waals surface area contributed by atoms with Gasteiger partial charge in [-0.2, -0.15) is 0 Å². The Bertz CT molecular complexity index is 917. The van der Waals surface area contributed by atoms with Gasteiger partial charge in [0.1, 0.15) is 0 Å². The quantitative estimate of drug-likeness (QED) is 0.509. The van der Waals surface area contributed by atoms with E-state index in [0.29, 0.717) is 11.0 Å². The van der Waals surface area contributed by atoms with Gasteiger partial charge in [0.15, 0.2) is 5.11 Å². The fraction of sp³-hybridized carbons (Fsp3) is 0.200. The van der Waals surface area contributed by atoms with Crippen LogP contribution in [0.25, 0.3) is 0 Å². The van der Waals surface area contributed by atoms with Crippen molar-refractivity contribution in [1.29, 1.82) is 0 Å². The second-order valence-corrected chi connectivity index (χ2v) is 7.50. The van der Waals surface area contributed by atoms with E-state index in [1.807, 2.05) is 78.9 Å². The van der Waals surface area contributed by atoms with Gasteiger partial charge < -0.3 is 10.6 Å². The summed E-state index contributed by atoms with van der Waals surface area (Å²) in [6.45, 7) is 4.34. The van der Waals surface area contributed by atoms with Crippen molar-refractivity contribution in [3.05, 3.63) is 102 Å². The Morgan fingerprint density at radius 2 is 1.38 bits per heavy atom. The summed E-state index contributed by atoms with van der Waals surface area (Å²) in [6, 6.07) is 27.6. The van der Waals surface area contributed by atoms with Crippen LogP contribution in [0.5, 0.6) is 0 Å². The number of amides is 1. The Kier molecular flexibility index (Phi) is 7.14. The van der Waals surface area contributed by atoms with Crippen molar-refractivity contribution in [1.82, 2.24) is 5.32 Å². The maximum Gasteiger partial charge on any atom is 0.238 e. The average molecular weight is 403 g/mol. The molecule has 3 nitrogen and oxygen atoms in total. The predicted molar refractivity (Wildman–Crippen MR) is 124 cm³/mol. The molecule has 2 N–H and O–H groups in total. The first-order valence-electron chi connectivity index (χ1n) is 9.90. The number of rotatable bonds is 6. The number of hydrogen-bond acceptors (Lipinski definition) is 2. The summed E-state index contributed by atoms with van der Waals surface area (Å²) >= 11 is 5.47. The first kappa shape index (κ1) is 20.7. The minimum Gasteiger partial charge on any atom is -0.332 e. The molecule has 0 unspecified atom stereocenters. The summed E-state index contributed by atoms with van der Waals surface area (Å²) in [5.74, 6) is -0.179. The molecule has 4 heteroatoms. The molecule has 1 atom stereocenters. The molecule has 0 aliphatic heterocycles. The van der Waals surface area contributed by atoms with Gasteiger partial charge in [0.05, 0.1) is 5.92 Å². The third-order valence-corrected chi connectivity index (χ3v) is 5.32. The Labute approximate surface area is 178 Å². The van der Waals surface area contributed by atoms with Crippen LogP contribution in [0, 0.1) is 0 Å². The molecule has 3 rings (SSSR count). The van der Waals surface area contributed by atoms with Crippen LogP contribution in [0.2, 0.25) is 0 Å². The molecule has 0 aromatic heterocycles. The highest BCUT2D eigenvalue weighted by atomic mass is 32.1. The van der Waals surface area contributed by atoms with Crippen molar-refractivity contribution in [2.24, 2.45) is 0 Å². The number of para-hydroxylation sites is 1. The van der Waals surface area contributed by atoms with Gasteiger partial charge >= 0.3 is 0 Å². The lowest BCUT2D eigenvalue weighted by atomic mass is 9.90. The molecule has 3 aromatic carbocycles. The number of carbonyl (C=O) groups excluding carboxylic acids is 1. The summed E-state index contributed by atoms with van der Waals surface area (Å²) in [5.41, 5.74) is 3.98. The van der Waals surface area contributed by atoms with Crippen LogP contribution in [0.1, 0.15) is 48.8 Å². The third-order valence-electron chi connectivity index (χ3n) is 5.12. The van der Waals surface area contributed by atoms with Crippen molar-refractivity contribution < 1.29 is 4.79 Å². The van der Waals surface area contributed by atoms with Crippen molar-refractivity contribution in [2.45, 2.75) is 32.1 Å². The zero-order chi connectivity index (χ0) is 20.6. The zero-order valence-corrected chi connectivity index (χ0v) is 17.6. The van der Waals surface area contributed by atoms with Gasteiger partial charge in [0.25, 0.3) is 0 Å². The predicted octanol–water partition coefficient (Wildman–Crippen LogP) is 5.85. The van der Waals surface area contributed by atoms with Crippen molar-refractivity contribution >= 4 is 28.9 Å². The smallest absolute Gasteiger partial charge is 0.238 e. The van der Waals surface area contributed by atoms with E-state index >= 15 is 0 Å². The number of benzene rings is 3. The van der Waals surface area contributed by atoms with E-state index in [2.05, 4.69) is 30.5 Å². The first-order chi connectivity index (χ1) is 14.1. The van der Waals surface area contributed by atoms with Crippen molar-refractivity contribution in [3.8, 4) is 0 Å². The molecule has 0 saturated carbocycles. The maximum atomic E-state index is 13.2. The fourth-order valence-corrected chi connectivity index (χ4v) is 3.59. The maximum absolute atomic E-state index is 13.2. The lowest BCUT2D eigenvalue weighted by Gasteiger charge is -2.20. The molecule has 0 saturated heterocycles. The minimum absolute atomic E-state index is 0.152. The number of thiocarbonyl (C=S) groups is 1. The van der Waals surface area contributed by atoms with Crippen LogP contribution >= 0.6 is 12.2 Å². The number of hydrogen-bond donors (Lipinski definition) is 2. The Morgan fingerprint density at radius 3 is 1.93 bits per heavy atom. The summed E-state index contributed by atoms with van der Waals surface area (Å²) in [4.78, 5) is 13.2.